The third-order valence-electron chi connectivity index (χ3n) is 2.45. The molecule has 92 valence electrons. The summed E-state index contributed by atoms with van der Waals surface area (Å²) in [6, 6.07) is 5.60. The van der Waals surface area contributed by atoms with Crippen LogP contribution in [0.1, 0.15) is 31.9 Å². The molecule has 1 amide bonds. The van der Waals surface area contributed by atoms with Crippen LogP contribution in [0.3, 0.4) is 0 Å². The number of anilines is 1. The van der Waals surface area contributed by atoms with Gasteiger partial charge in [-0.05, 0) is 18.6 Å². The number of carbonyl (C=O) groups is 1. The molecule has 3 N–H and O–H groups in total. The molecular formula is C13H18N2OS. The second kappa shape index (κ2) is 4.84. The van der Waals surface area contributed by atoms with Gasteiger partial charge in [-0.15, -0.1) is 0 Å². The molecule has 3 nitrogen and oxygen atoms in total. The van der Waals surface area contributed by atoms with Crippen LogP contribution in [-0.2, 0) is 4.79 Å². The van der Waals surface area contributed by atoms with Gasteiger partial charge in [0.2, 0.25) is 5.91 Å². The maximum atomic E-state index is 11.9. The predicted molar refractivity (Wildman–Crippen MR) is 75.2 cm³/mol. The van der Waals surface area contributed by atoms with Gasteiger partial charge in [-0.25, -0.2) is 0 Å². The highest BCUT2D eigenvalue weighted by molar-refractivity contribution is 7.80. The molecule has 0 aromatic heterocycles. The van der Waals surface area contributed by atoms with Gasteiger partial charge >= 0.3 is 0 Å². The Kier molecular flexibility index (Phi) is 3.88. The molecule has 1 aromatic carbocycles. The lowest BCUT2D eigenvalue weighted by Gasteiger charge is -2.19. The molecule has 1 aromatic rings. The molecule has 0 fully saturated rings. The first kappa shape index (κ1) is 13.6. The van der Waals surface area contributed by atoms with E-state index in [1.807, 2.05) is 45.9 Å². The van der Waals surface area contributed by atoms with Gasteiger partial charge in [0, 0.05) is 11.0 Å². The highest BCUT2D eigenvalue weighted by Gasteiger charge is 2.22. The lowest BCUT2D eigenvalue weighted by molar-refractivity contribution is -0.123. The molecule has 17 heavy (non-hydrogen) atoms. The maximum absolute atomic E-state index is 11.9. The number of thiocarbonyl (C=S) groups is 1. The van der Waals surface area contributed by atoms with Gasteiger partial charge in [-0.2, -0.15) is 0 Å². The molecule has 0 radical (unpaired) electrons. The first-order chi connectivity index (χ1) is 7.73. The average Bonchev–Trinajstić information content (AvgIpc) is 2.15. The van der Waals surface area contributed by atoms with Crippen LogP contribution in [0.2, 0.25) is 0 Å². The van der Waals surface area contributed by atoms with Crippen LogP contribution in [0.4, 0.5) is 5.69 Å². The minimum Gasteiger partial charge on any atom is -0.389 e. The molecule has 4 heteroatoms. The van der Waals surface area contributed by atoms with Crippen LogP contribution in [0.25, 0.3) is 0 Å². The summed E-state index contributed by atoms with van der Waals surface area (Å²) in [5, 5.41) is 2.87. The number of hydrogen-bond acceptors (Lipinski definition) is 2. The molecule has 0 aliphatic rings. The Labute approximate surface area is 107 Å². The topological polar surface area (TPSA) is 55.1 Å². The second-order valence-electron chi connectivity index (χ2n) is 5.07. The van der Waals surface area contributed by atoms with E-state index in [1.54, 1.807) is 0 Å². The van der Waals surface area contributed by atoms with E-state index in [1.165, 1.54) is 0 Å². The molecule has 0 saturated carbocycles. The maximum Gasteiger partial charge on any atom is 0.229 e. The zero-order valence-electron chi connectivity index (χ0n) is 10.6. The molecule has 0 aliphatic carbocycles. The fourth-order valence-corrected chi connectivity index (χ4v) is 1.68. The van der Waals surface area contributed by atoms with Crippen LogP contribution in [0.15, 0.2) is 18.2 Å². The first-order valence-electron chi connectivity index (χ1n) is 5.44. The van der Waals surface area contributed by atoms with E-state index in [0.717, 1.165) is 11.1 Å². The Hall–Kier alpha value is -1.42. The predicted octanol–water partition coefficient (Wildman–Crippen LogP) is 2.61. The molecule has 1 rings (SSSR count). The summed E-state index contributed by atoms with van der Waals surface area (Å²) in [5.41, 5.74) is 7.61. The van der Waals surface area contributed by atoms with E-state index in [2.05, 4.69) is 5.32 Å². The fraction of sp³-hybridized carbons (Fsp3) is 0.385. The molecule has 0 atom stereocenters. The normalized spacial score (nSPS) is 11.1. The van der Waals surface area contributed by atoms with E-state index >= 15 is 0 Å². The lowest BCUT2D eigenvalue weighted by atomic mass is 9.95. The largest absolute Gasteiger partial charge is 0.389 e. The van der Waals surface area contributed by atoms with Crippen molar-refractivity contribution in [3.8, 4) is 0 Å². The molecule has 0 bridgehead atoms. The number of aryl methyl sites for hydroxylation is 1. The minimum atomic E-state index is -0.447. The fourth-order valence-electron chi connectivity index (χ4n) is 1.41. The summed E-state index contributed by atoms with van der Waals surface area (Å²) in [4.78, 5) is 12.2. The summed E-state index contributed by atoms with van der Waals surface area (Å²) in [6.07, 6.45) is 0. The van der Waals surface area contributed by atoms with Crippen molar-refractivity contribution >= 4 is 28.8 Å². The number of amides is 1. The highest BCUT2D eigenvalue weighted by atomic mass is 32.1. The molecule has 0 heterocycles. The number of benzene rings is 1. The van der Waals surface area contributed by atoms with Gasteiger partial charge in [-0.3, -0.25) is 4.79 Å². The van der Waals surface area contributed by atoms with Gasteiger partial charge < -0.3 is 11.1 Å². The monoisotopic (exact) mass is 250 g/mol. The smallest absolute Gasteiger partial charge is 0.229 e. The van der Waals surface area contributed by atoms with Crippen molar-refractivity contribution in [2.45, 2.75) is 27.7 Å². The van der Waals surface area contributed by atoms with E-state index in [0.29, 0.717) is 10.7 Å². The Balaban J connectivity index is 3.12. The number of rotatable bonds is 2. The molecule has 0 saturated heterocycles. The number of hydrogen-bond donors (Lipinski definition) is 2. The molecule has 0 aliphatic heterocycles. The van der Waals surface area contributed by atoms with Crippen molar-refractivity contribution in [3.05, 3.63) is 29.3 Å². The van der Waals surface area contributed by atoms with Crippen LogP contribution < -0.4 is 11.1 Å². The molecular weight excluding hydrogens is 232 g/mol. The zero-order chi connectivity index (χ0) is 13.2. The Morgan fingerprint density at radius 2 is 1.94 bits per heavy atom. The number of nitrogens with one attached hydrogen (secondary N) is 1. The third kappa shape index (κ3) is 3.27. The van der Waals surface area contributed by atoms with Crippen molar-refractivity contribution in [2.75, 3.05) is 5.32 Å². The summed E-state index contributed by atoms with van der Waals surface area (Å²) in [5.74, 6) is -0.0550. The zero-order valence-corrected chi connectivity index (χ0v) is 11.4. The van der Waals surface area contributed by atoms with Crippen molar-refractivity contribution in [1.29, 1.82) is 0 Å². The van der Waals surface area contributed by atoms with E-state index in [-0.39, 0.29) is 5.91 Å². The summed E-state index contributed by atoms with van der Waals surface area (Å²) in [7, 11) is 0. The van der Waals surface area contributed by atoms with Gasteiger partial charge in [-0.1, -0.05) is 45.1 Å². The summed E-state index contributed by atoms with van der Waals surface area (Å²) in [6.45, 7) is 7.50. The van der Waals surface area contributed by atoms with Crippen LogP contribution in [-0.4, -0.2) is 10.9 Å². The Morgan fingerprint density at radius 1 is 1.35 bits per heavy atom. The van der Waals surface area contributed by atoms with Crippen LogP contribution >= 0.6 is 12.2 Å². The molecule has 0 spiro atoms. The lowest BCUT2D eigenvalue weighted by Crippen LogP contribution is -2.29. The van der Waals surface area contributed by atoms with Crippen molar-refractivity contribution in [1.82, 2.24) is 0 Å². The third-order valence-corrected chi connectivity index (χ3v) is 2.65. The number of carbonyl (C=O) groups excluding carboxylic acids is 1. The summed E-state index contributed by atoms with van der Waals surface area (Å²) >= 11 is 5.01. The standard InChI is InChI=1S/C13H18N2OS/c1-8-6-5-7-9(10(8)11(14)17)15-12(16)13(2,3)4/h5-7H,1-4H3,(H2,14,17)(H,15,16). The number of nitrogens with two attached hydrogens (primary N) is 1. The Bertz CT molecular complexity index is 461. The van der Waals surface area contributed by atoms with Crippen molar-refractivity contribution in [3.63, 3.8) is 0 Å². The van der Waals surface area contributed by atoms with Crippen LogP contribution in [0.5, 0.6) is 0 Å². The van der Waals surface area contributed by atoms with Crippen molar-refractivity contribution < 1.29 is 4.79 Å². The van der Waals surface area contributed by atoms with Gasteiger partial charge in [0.15, 0.2) is 0 Å². The van der Waals surface area contributed by atoms with Gasteiger partial charge in [0.25, 0.3) is 0 Å². The first-order valence-corrected chi connectivity index (χ1v) is 5.85. The van der Waals surface area contributed by atoms with Crippen molar-refractivity contribution in [2.24, 2.45) is 11.1 Å². The summed E-state index contributed by atoms with van der Waals surface area (Å²) < 4.78 is 0. The quantitative estimate of drug-likeness (QED) is 0.793. The highest BCUT2D eigenvalue weighted by Crippen LogP contribution is 2.22. The second-order valence-corrected chi connectivity index (χ2v) is 5.51. The SMILES string of the molecule is Cc1cccc(NC(=O)C(C)(C)C)c1C(N)=S. The van der Waals surface area contributed by atoms with Gasteiger partial charge in [0.1, 0.15) is 4.99 Å². The average molecular weight is 250 g/mol. The van der Waals surface area contributed by atoms with Gasteiger partial charge in [0.05, 0.1) is 5.69 Å². The van der Waals surface area contributed by atoms with E-state index in [4.69, 9.17) is 18.0 Å². The van der Waals surface area contributed by atoms with E-state index < -0.39 is 5.41 Å². The Morgan fingerprint density at radius 3 is 2.41 bits per heavy atom. The molecule has 0 unspecified atom stereocenters. The van der Waals surface area contributed by atoms with E-state index in [9.17, 15) is 4.79 Å². The van der Waals surface area contributed by atoms with Crippen LogP contribution in [0, 0.1) is 12.3 Å². The minimum absolute atomic E-state index is 0.0550.